The van der Waals surface area contributed by atoms with Crippen LogP contribution in [0.25, 0.3) is 0 Å². The second kappa shape index (κ2) is 6.06. The van der Waals surface area contributed by atoms with Gasteiger partial charge in [0, 0.05) is 13.6 Å². The molecule has 0 aromatic heterocycles. The van der Waals surface area contributed by atoms with Gasteiger partial charge in [0.05, 0.1) is 12.1 Å². The minimum absolute atomic E-state index is 0.0867. The van der Waals surface area contributed by atoms with Gasteiger partial charge in [-0.3, -0.25) is 0 Å². The first-order valence-corrected chi connectivity index (χ1v) is 7.92. The zero-order chi connectivity index (χ0) is 14.8. The number of aryl methyl sites for hydroxylation is 1. The zero-order valence-electron chi connectivity index (χ0n) is 12.6. The highest BCUT2D eigenvalue weighted by molar-refractivity contribution is 5.74. The third-order valence-corrected chi connectivity index (χ3v) is 4.64. The summed E-state index contributed by atoms with van der Waals surface area (Å²) in [5, 5.41) is 13.1. The number of nitrogens with zero attached hydrogens (tertiary/aromatic N) is 1. The lowest BCUT2D eigenvalue weighted by Gasteiger charge is -2.29. The minimum Gasteiger partial charge on any atom is -0.391 e. The van der Waals surface area contributed by atoms with Gasteiger partial charge in [-0.05, 0) is 49.1 Å². The molecule has 0 bridgehead atoms. The Hall–Kier alpha value is -1.55. The number of hydrogen-bond acceptors (Lipinski definition) is 2. The number of aliphatic hydroxyl groups is 1. The van der Waals surface area contributed by atoms with E-state index in [9.17, 15) is 9.90 Å². The van der Waals surface area contributed by atoms with Crippen molar-refractivity contribution in [1.29, 1.82) is 0 Å². The number of urea groups is 1. The molecule has 0 aliphatic heterocycles. The normalized spacial score (nSPS) is 22.3. The van der Waals surface area contributed by atoms with Crippen LogP contribution in [0.3, 0.4) is 0 Å². The van der Waals surface area contributed by atoms with Crippen molar-refractivity contribution in [2.75, 3.05) is 13.6 Å². The van der Waals surface area contributed by atoms with E-state index in [1.807, 2.05) is 6.07 Å². The average molecular weight is 288 g/mol. The van der Waals surface area contributed by atoms with Crippen LogP contribution in [0.1, 0.15) is 42.9 Å². The van der Waals surface area contributed by atoms with Crippen molar-refractivity contribution in [1.82, 2.24) is 10.2 Å². The maximum atomic E-state index is 12.3. The third kappa shape index (κ3) is 3.38. The second-order valence-corrected chi connectivity index (χ2v) is 6.38. The molecule has 2 atom stereocenters. The van der Waals surface area contributed by atoms with Crippen LogP contribution in [0.5, 0.6) is 0 Å². The van der Waals surface area contributed by atoms with Crippen molar-refractivity contribution in [2.24, 2.45) is 5.92 Å². The molecule has 2 unspecified atom stereocenters. The summed E-state index contributed by atoms with van der Waals surface area (Å²) >= 11 is 0. The van der Waals surface area contributed by atoms with Crippen molar-refractivity contribution >= 4 is 6.03 Å². The highest BCUT2D eigenvalue weighted by Crippen LogP contribution is 2.33. The van der Waals surface area contributed by atoms with Gasteiger partial charge < -0.3 is 15.3 Å². The maximum Gasteiger partial charge on any atom is 0.317 e. The number of nitrogens with one attached hydrogen (secondary N) is 1. The summed E-state index contributed by atoms with van der Waals surface area (Å²) in [7, 11) is 1.76. The quantitative estimate of drug-likeness (QED) is 0.894. The van der Waals surface area contributed by atoms with E-state index < -0.39 is 0 Å². The first-order valence-electron chi connectivity index (χ1n) is 7.92. The number of carbonyl (C=O) groups is 1. The van der Waals surface area contributed by atoms with Gasteiger partial charge in [-0.1, -0.05) is 24.3 Å². The number of likely N-dealkylation sites (N-methyl/N-ethyl adjacent to an activating group) is 1. The Morgan fingerprint density at radius 3 is 2.90 bits per heavy atom. The number of benzene rings is 1. The highest BCUT2D eigenvalue weighted by atomic mass is 16.3. The van der Waals surface area contributed by atoms with Crippen LogP contribution < -0.4 is 5.32 Å². The van der Waals surface area contributed by atoms with Crippen molar-refractivity contribution in [3.8, 4) is 0 Å². The number of hydrogen-bond donors (Lipinski definition) is 2. The molecule has 2 amide bonds. The number of rotatable bonds is 4. The Kier molecular flexibility index (Phi) is 4.15. The summed E-state index contributed by atoms with van der Waals surface area (Å²) in [6.07, 6.45) is 5.00. The Bertz CT molecular complexity index is 513. The molecular formula is C17H24N2O2. The number of carbonyl (C=O) groups excluding carboxylic acids is 1. The standard InChI is InChI=1S/C17H24N2O2/c1-19(11-16(20)13-9-10-13)17(21)18-15-8-4-6-12-5-2-3-7-14(12)15/h2-3,5,7,13,15-16,20H,4,6,8-11H2,1H3,(H,18,21). The SMILES string of the molecule is CN(CC(O)C1CC1)C(=O)NC1CCCc2ccccc21. The van der Waals surface area contributed by atoms with Crippen LogP contribution in [-0.4, -0.2) is 35.7 Å². The van der Waals surface area contributed by atoms with Gasteiger partial charge in [-0.2, -0.15) is 0 Å². The topological polar surface area (TPSA) is 52.6 Å². The molecule has 0 spiro atoms. The molecule has 1 aromatic carbocycles. The highest BCUT2D eigenvalue weighted by Gasteiger charge is 2.31. The molecular weight excluding hydrogens is 264 g/mol. The monoisotopic (exact) mass is 288 g/mol. The van der Waals surface area contributed by atoms with Crippen LogP contribution in [-0.2, 0) is 6.42 Å². The lowest BCUT2D eigenvalue weighted by atomic mass is 9.88. The number of amides is 2. The molecule has 0 saturated heterocycles. The second-order valence-electron chi connectivity index (χ2n) is 6.38. The summed E-state index contributed by atoms with van der Waals surface area (Å²) < 4.78 is 0. The van der Waals surface area contributed by atoms with E-state index in [0.29, 0.717) is 12.5 Å². The summed E-state index contributed by atoms with van der Waals surface area (Å²) in [6, 6.07) is 8.36. The summed E-state index contributed by atoms with van der Waals surface area (Å²) in [6.45, 7) is 0.421. The first kappa shape index (κ1) is 14.4. The predicted octanol–water partition coefficient (Wildman–Crippen LogP) is 2.48. The van der Waals surface area contributed by atoms with E-state index in [1.165, 1.54) is 11.1 Å². The van der Waals surface area contributed by atoms with E-state index >= 15 is 0 Å². The molecule has 2 aliphatic carbocycles. The van der Waals surface area contributed by atoms with E-state index in [1.54, 1.807) is 11.9 Å². The third-order valence-electron chi connectivity index (χ3n) is 4.64. The summed E-state index contributed by atoms with van der Waals surface area (Å²) in [5.41, 5.74) is 2.59. The molecule has 2 aliphatic rings. The van der Waals surface area contributed by atoms with Crippen molar-refractivity contribution in [3.05, 3.63) is 35.4 Å². The fraction of sp³-hybridized carbons (Fsp3) is 0.588. The van der Waals surface area contributed by atoms with Gasteiger partial charge in [0.2, 0.25) is 0 Å². The van der Waals surface area contributed by atoms with Gasteiger partial charge in [0.25, 0.3) is 0 Å². The molecule has 1 fully saturated rings. The Balaban J connectivity index is 1.59. The Morgan fingerprint density at radius 2 is 2.14 bits per heavy atom. The van der Waals surface area contributed by atoms with Gasteiger partial charge in [0.15, 0.2) is 0 Å². The molecule has 2 N–H and O–H groups in total. The lowest BCUT2D eigenvalue weighted by Crippen LogP contribution is -2.43. The van der Waals surface area contributed by atoms with E-state index in [-0.39, 0.29) is 18.2 Å². The number of aliphatic hydroxyl groups excluding tert-OH is 1. The predicted molar refractivity (Wildman–Crippen MR) is 82.0 cm³/mol. The zero-order valence-corrected chi connectivity index (χ0v) is 12.6. The molecule has 21 heavy (non-hydrogen) atoms. The van der Waals surface area contributed by atoms with E-state index in [0.717, 1.165) is 32.1 Å². The van der Waals surface area contributed by atoms with Crippen LogP contribution in [0.15, 0.2) is 24.3 Å². The summed E-state index contributed by atoms with van der Waals surface area (Å²) in [4.78, 5) is 13.9. The fourth-order valence-electron chi connectivity index (χ4n) is 3.16. The molecule has 1 aromatic rings. The van der Waals surface area contributed by atoms with Gasteiger partial charge >= 0.3 is 6.03 Å². The van der Waals surface area contributed by atoms with E-state index in [4.69, 9.17) is 0 Å². The number of fused-ring (bicyclic) bond motifs is 1. The maximum absolute atomic E-state index is 12.3. The fourth-order valence-corrected chi connectivity index (χ4v) is 3.16. The minimum atomic E-state index is -0.376. The molecule has 3 rings (SSSR count). The molecule has 1 saturated carbocycles. The van der Waals surface area contributed by atoms with Crippen LogP contribution in [0.4, 0.5) is 4.79 Å². The van der Waals surface area contributed by atoms with Crippen LogP contribution >= 0.6 is 0 Å². The molecule has 4 nitrogen and oxygen atoms in total. The van der Waals surface area contributed by atoms with Crippen LogP contribution in [0, 0.1) is 5.92 Å². The molecule has 114 valence electrons. The van der Waals surface area contributed by atoms with Crippen molar-refractivity contribution in [3.63, 3.8) is 0 Å². The van der Waals surface area contributed by atoms with E-state index in [2.05, 4.69) is 23.5 Å². The average Bonchev–Trinajstić information content (AvgIpc) is 3.32. The van der Waals surface area contributed by atoms with Gasteiger partial charge in [-0.15, -0.1) is 0 Å². The van der Waals surface area contributed by atoms with Crippen molar-refractivity contribution < 1.29 is 9.90 Å². The Morgan fingerprint density at radius 1 is 1.38 bits per heavy atom. The first-order chi connectivity index (χ1) is 10.1. The largest absolute Gasteiger partial charge is 0.391 e. The summed E-state index contributed by atoms with van der Waals surface area (Å²) in [5.74, 6) is 0.399. The molecule has 4 heteroatoms. The smallest absolute Gasteiger partial charge is 0.317 e. The van der Waals surface area contributed by atoms with Crippen molar-refractivity contribution in [2.45, 2.75) is 44.2 Å². The van der Waals surface area contributed by atoms with Gasteiger partial charge in [0.1, 0.15) is 0 Å². The Labute approximate surface area is 126 Å². The van der Waals surface area contributed by atoms with Crippen LogP contribution in [0.2, 0.25) is 0 Å². The lowest BCUT2D eigenvalue weighted by molar-refractivity contribution is 0.112. The molecule has 0 radical (unpaired) electrons. The molecule has 0 heterocycles. The van der Waals surface area contributed by atoms with Gasteiger partial charge in [-0.25, -0.2) is 4.79 Å².